The molecule has 0 atom stereocenters. The Morgan fingerprint density at radius 1 is 1.04 bits per heavy atom. The maximum absolute atomic E-state index is 13.5. The molecule has 1 heterocycles. The van der Waals surface area contributed by atoms with Gasteiger partial charge in [-0.3, -0.25) is 20.4 Å². The molecule has 0 fully saturated rings. The molecule has 0 unspecified atom stereocenters. The maximum atomic E-state index is 13.5. The highest BCUT2D eigenvalue weighted by Crippen LogP contribution is 2.14. The molecule has 25 heavy (non-hydrogen) atoms. The average molecular weight is 359 g/mol. The average Bonchev–Trinajstić information content (AvgIpc) is 3.10. The number of nitrogens with one attached hydrogen (secondary N) is 2. The molecule has 1 aromatic heterocycles. The summed E-state index contributed by atoms with van der Waals surface area (Å²) in [5.41, 5.74) is 5.11. The van der Waals surface area contributed by atoms with Gasteiger partial charge in [0, 0.05) is 11.2 Å². The second-order valence-electron chi connectivity index (χ2n) is 5.04. The third-order valence-electron chi connectivity index (χ3n) is 3.33. The van der Waals surface area contributed by atoms with Gasteiger partial charge in [-0.15, -0.1) is 0 Å². The van der Waals surface area contributed by atoms with Crippen molar-refractivity contribution >= 4 is 23.4 Å². The molecule has 3 rings (SSSR count). The van der Waals surface area contributed by atoms with Crippen LogP contribution in [0.2, 0.25) is 5.02 Å². The van der Waals surface area contributed by atoms with Crippen molar-refractivity contribution in [3.05, 3.63) is 82.9 Å². The van der Waals surface area contributed by atoms with Crippen LogP contribution in [0.1, 0.15) is 20.7 Å². The van der Waals surface area contributed by atoms with Gasteiger partial charge in [-0.05, 0) is 30.3 Å². The molecule has 2 N–H and O–H groups in total. The number of amides is 2. The van der Waals surface area contributed by atoms with Gasteiger partial charge < -0.3 is 0 Å². The Balaban J connectivity index is 1.66. The van der Waals surface area contributed by atoms with Crippen LogP contribution in [0.3, 0.4) is 0 Å². The van der Waals surface area contributed by atoms with Crippen LogP contribution in [0.25, 0.3) is 5.69 Å². The van der Waals surface area contributed by atoms with Gasteiger partial charge in [0.25, 0.3) is 11.8 Å². The summed E-state index contributed by atoms with van der Waals surface area (Å²) in [6.45, 7) is 0. The number of hydrazine groups is 1. The summed E-state index contributed by atoms with van der Waals surface area (Å²) in [6, 6.07) is 12.4. The Morgan fingerprint density at radius 2 is 1.80 bits per heavy atom. The van der Waals surface area contributed by atoms with E-state index in [1.54, 1.807) is 24.3 Å². The smallest absolute Gasteiger partial charge is 0.267 e. The fourth-order valence-electron chi connectivity index (χ4n) is 2.10. The van der Waals surface area contributed by atoms with E-state index in [0.717, 1.165) is 6.07 Å². The van der Waals surface area contributed by atoms with Gasteiger partial charge in [0.15, 0.2) is 0 Å². The van der Waals surface area contributed by atoms with Crippen molar-refractivity contribution in [2.75, 3.05) is 0 Å². The van der Waals surface area contributed by atoms with Crippen molar-refractivity contribution < 1.29 is 14.0 Å². The zero-order valence-electron chi connectivity index (χ0n) is 12.7. The minimum Gasteiger partial charge on any atom is -0.267 e. The maximum Gasteiger partial charge on any atom is 0.272 e. The molecule has 6 nitrogen and oxygen atoms in total. The SMILES string of the molecule is O=C(NNC(=O)c1ccccc1F)c1cnn(-c2cccc(Cl)c2)c1. The molecule has 0 radical (unpaired) electrons. The Morgan fingerprint density at radius 3 is 2.56 bits per heavy atom. The highest BCUT2D eigenvalue weighted by molar-refractivity contribution is 6.30. The number of nitrogens with zero attached hydrogens (tertiary/aromatic N) is 2. The van der Waals surface area contributed by atoms with Crippen molar-refractivity contribution in [3.8, 4) is 5.69 Å². The topological polar surface area (TPSA) is 76.0 Å². The van der Waals surface area contributed by atoms with Gasteiger partial charge in [0.2, 0.25) is 0 Å². The molecule has 0 aliphatic heterocycles. The summed E-state index contributed by atoms with van der Waals surface area (Å²) < 4.78 is 15.0. The molecule has 8 heteroatoms. The summed E-state index contributed by atoms with van der Waals surface area (Å²) in [6.07, 6.45) is 2.82. The molecule has 2 aromatic carbocycles. The number of carbonyl (C=O) groups is 2. The third-order valence-corrected chi connectivity index (χ3v) is 3.56. The van der Waals surface area contributed by atoms with Gasteiger partial charge >= 0.3 is 0 Å². The Kier molecular flexibility index (Phi) is 4.76. The summed E-state index contributed by atoms with van der Waals surface area (Å²) in [7, 11) is 0. The molecule has 2 amide bonds. The van der Waals surface area contributed by atoms with Gasteiger partial charge in [-0.2, -0.15) is 5.10 Å². The van der Waals surface area contributed by atoms with E-state index in [-0.39, 0.29) is 11.1 Å². The van der Waals surface area contributed by atoms with Gasteiger partial charge in [-0.1, -0.05) is 29.8 Å². The van der Waals surface area contributed by atoms with E-state index in [1.807, 2.05) is 0 Å². The van der Waals surface area contributed by atoms with Crippen LogP contribution >= 0.6 is 11.6 Å². The van der Waals surface area contributed by atoms with Crippen LogP contribution in [0, 0.1) is 5.82 Å². The molecule has 0 spiro atoms. The molecule has 0 saturated carbocycles. The van der Waals surface area contributed by atoms with Crippen LogP contribution in [0.5, 0.6) is 0 Å². The van der Waals surface area contributed by atoms with E-state index in [9.17, 15) is 14.0 Å². The standard InChI is InChI=1S/C17H12ClFN4O2/c18-12-4-3-5-13(8-12)23-10-11(9-20-23)16(24)21-22-17(25)14-6-1-2-7-15(14)19/h1-10H,(H,21,24)(H,22,25). The lowest BCUT2D eigenvalue weighted by Crippen LogP contribution is -2.41. The predicted molar refractivity (Wildman–Crippen MR) is 89.9 cm³/mol. The van der Waals surface area contributed by atoms with Crippen LogP contribution < -0.4 is 10.9 Å². The quantitative estimate of drug-likeness (QED) is 0.707. The first-order valence-corrected chi connectivity index (χ1v) is 7.58. The summed E-state index contributed by atoms with van der Waals surface area (Å²) in [5.74, 6) is -2.02. The van der Waals surface area contributed by atoms with Crippen LogP contribution in [0.15, 0.2) is 60.9 Å². The zero-order chi connectivity index (χ0) is 17.8. The summed E-state index contributed by atoms with van der Waals surface area (Å²) in [5, 5.41) is 4.61. The van der Waals surface area contributed by atoms with Gasteiger partial charge in [0.05, 0.1) is 23.0 Å². The lowest BCUT2D eigenvalue weighted by atomic mass is 10.2. The first-order chi connectivity index (χ1) is 12.0. The second-order valence-corrected chi connectivity index (χ2v) is 5.48. The lowest BCUT2D eigenvalue weighted by molar-refractivity contribution is 0.0844. The Hall–Kier alpha value is -3.19. The minimum absolute atomic E-state index is 0.169. The second kappa shape index (κ2) is 7.14. The minimum atomic E-state index is -0.756. The fraction of sp³-hybridized carbons (Fsp3) is 0. The van der Waals surface area contributed by atoms with Crippen molar-refractivity contribution in [2.24, 2.45) is 0 Å². The van der Waals surface area contributed by atoms with Gasteiger partial charge in [0.1, 0.15) is 5.82 Å². The van der Waals surface area contributed by atoms with E-state index in [1.165, 1.54) is 35.3 Å². The molecule has 126 valence electrons. The summed E-state index contributed by atoms with van der Waals surface area (Å²) in [4.78, 5) is 23.9. The largest absolute Gasteiger partial charge is 0.272 e. The number of carbonyl (C=O) groups excluding carboxylic acids is 2. The van der Waals surface area contributed by atoms with Crippen molar-refractivity contribution in [1.29, 1.82) is 0 Å². The predicted octanol–water partition coefficient (Wildman–Crippen LogP) is 2.74. The van der Waals surface area contributed by atoms with Crippen LogP contribution in [-0.4, -0.2) is 21.6 Å². The Labute approximate surface area is 147 Å². The number of hydrogen-bond acceptors (Lipinski definition) is 3. The third kappa shape index (κ3) is 3.84. The first-order valence-electron chi connectivity index (χ1n) is 7.20. The molecular weight excluding hydrogens is 347 g/mol. The molecular formula is C17H12ClFN4O2. The molecule has 0 aliphatic carbocycles. The van der Waals surface area contributed by atoms with Crippen molar-refractivity contribution in [3.63, 3.8) is 0 Å². The highest BCUT2D eigenvalue weighted by Gasteiger charge is 2.14. The van der Waals surface area contributed by atoms with Crippen LogP contribution in [0.4, 0.5) is 4.39 Å². The lowest BCUT2D eigenvalue weighted by Gasteiger charge is -2.06. The van der Waals surface area contributed by atoms with Crippen molar-refractivity contribution in [2.45, 2.75) is 0 Å². The summed E-state index contributed by atoms with van der Waals surface area (Å²) >= 11 is 5.92. The normalized spacial score (nSPS) is 10.3. The van der Waals surface area contributed by atoms with E-state index in [0.29, 0.717) is 10.7 Å². The van der Waals surface area contributed by atoms with Gasteiger partial charge in [-0.25, -0.2) is 9.07 Å². The first kappa shape index (κ1) is 16.7. The molecule has 3 aromatic rings. The highest BCUT2D eigenvalue weighted by atomic mass is 35.5. The number of aromatic nitrogens is 2. The van der Waals surface area contributed by atoms with E-state index < -0.39 is 17.6 Å². The molecule has 0 saturated heterocycles. The molecule has 0 bridgehead atoms. The monoisotopic (exact) mass is 358 g/mol. The molecule has 0 aliphatic rings. The fourth-order valence-corrected chi connectivity index (χ4v) is 2.28. The number of rotatable bonds is 3. The van der Waals surface area contributed by atoms with Crippen molar-refractivity contribution in [1.82, 2.24) is 20.6 Å². The van der Waals surface area contributed by atoms with E-state index in [2.05, 4.69) is 16.0 Å². The van der Waals surface area contributed by atoms with Crippen LogP contribution in [-0.2, 0) is 0 Å². The number of hydrogen-bond donors (Lipinski definition) is 2. The number of halogens is 2. The number of benzene rings is 2. The van der Waals surface area contributed by atoms with E-state index in [4.69, 9.17) is 11.6 Å². The Bertz CT molecular complexity index is 942. The zero-order valence-corrected chi connectivity index (χ0v) is 13.5. The van der Waals surface area contributed by atoms with E-state index >= 15 is 0 Å².